The van der Waals surface area contributed by atoms with Crippen molar-refractivity contribution in [3.63, 3.8) is 0 Å². The Hall–Kier alpha value is -0.200. The van der Waals surface area contributed by atoms with Gasteiger partial charge in [-0.3, -0.25) is 4.89 Å². The second-order valence-electron chi connectivity index (χ2n) is 8.46. The molecule has 190 valence electrons. The van der Waals surface area contributed by atoms with Crippen LogP contribution in [0.25, 0.3) is 0 Å². The minimum Gasteiger partial charge on any atom is -0.377 e. The maximum absolute atomic E-state index is 11.3. The summed E-state index contributed by atoms with van der Waals surface area (Å²) in [5, 5.41) is 8.67. The third-order valence-corrected chi connectivity index (χ3v) is 7.92. The van der Waals surface area contributed by atoms with Crippen molar-refractivity contribution in [2.75, 3.05) is 19.0 Å². The zero-order valence-electron chi connectivity index (χ0n) is 20.7. The molecule has 32 heavy (non-hydrogen) atoms. The van der Waals surface area contributed by atoms with E-state index in [0.29, 0.717) is 18.3 Å². The summed E-state index contributed by atoms with van der Waals surface area (Å²) in [5.41, 5.74) is -1.25. The van der Waals surface area contributed by atoms with Crippen LogP contribution in [0.5, 0.6) is 0 Å². The monoisotopic (exact) mass is 495 g/mol. The summed E-state index contributed by atoms with van der Waals surface area (Å²) in [6.45, 7) is 7.26. The molecule has 0 aromatic rings. The zero-order valence-corrected chi connectivity index (χ0v) is 22.4. The van der Waals surface area contributed by atoms with Gasteiger partial charge in [0.05, 0.1) is 6.10 Å². The first-order valence-corrected chi connectivity index (χ1v) is 15.0. The molecule has 0 aromatic heterocycles. The first-order chi connectivity index (χ1) is 15.6. The van der Waals surface area contributed by atoms with Gasteiger partial charge in [0.2, 0.25) is 0 Å². The van der Waals surface area contributed by atoms with E-state index < -0.39 is 13.7 Å². The van der Waals surface area contributed by atoms with Crippen molar-refractivity contribution in [2.24, 2.45) is 0 Å². The maximum atomic E-state index is 11.3. The minimum absolute atomic E-state index is 0.129. The number of rotatable bonds is 24. The molecule has 3 unspecified atom stereocenters. The highest BCUT2D eigenvalue weighted by Gasteiger charge is 2.34. The van der Waals surface area contributed by atoms with Gasteiger partial charge in [0.1, 0.15) is 6.61 Å². The molecule has 3 atom stereocenters. The van der Waals surface area contributed by atoms with Crippen molar-refractivity contribution in [1.82, 2.24) is 0 Å². The van der Waals surface area contributed by atoms with Crippen LogP contribution in [0.3, 0.4) is 0 Å². The normalized spacial score (nSPS) is 13.7. The Morgan fingerprint density at radius 1 is 0.844 bits per heavy atom. The average Bonchev–Trinajstić information content (AvgIpc) is 2.80. The van der Waals surface area contributed by atoms with E-state index in [1.807, 2.05) is 11.8 Å². The summed E-state index contributed by atoms with van der Waals surface area (Å²) in [6, 6.07) is 0. The lowest BCUT2D eigenvalue weighted by Gasteiger charge is -2.24. The van der Waals surface area contributed by atoms with Gasteiger partial charge in [-0.2, -0.15) is 21.8 Å². The van der Waals surface area contributed by atoms with Gasteiger partial charge in [-0.05, 0) is 36.5 Å². The van der Waals surface area contributed by atoms with Gasteiger partial charge in [-0.15, -0.1) is 4.52 Å². The van der Waals surface area contributed by atoms with E-state index in [4.69, 9.17) is 14.5 Å². The molecule has 0 heterocycles. The molecule has 6 nitrogen and oxygen atoms in total. The number of unbranched alkanes of at least 4 members (excludes halogenated alkanes) is 11. The predicted molar refractivity (Wildman–Crippen MR) is 135 cm³/mol. The lowest BCUT2D eigenvalue weighted by molar-refractivity contribution is -0.168. The van der Waals surface area contributed by atoms with Crippen molar-refractivity contribution < 1.29 is 28.8 Å². The molecule has 0 saturated heterocycles. The van der Waals surface area contributed by atoms with Gasteiger partial charge in [-0.25, -0.2) is 0 Å². The summed E-state index contributed by atoms with van der Waals surface area (Å²) in [7, 11) is -2.64. The van der Waals surface area contributed by atoms with Gasteiger partial charge < -0.3 is 4.74 Å². The molecule has 0 radical (unpaired) electrons. The molecule has 0 amide bonds. The number of hydrogen-bond donors (Lipinski definition) is 1. The van der Waals surface area contributed by atoms with Crippen LogP contribution in [-0.4, -0.2) is 41.3 Å². The molecule has 0 saturated carbocycles. The van der Waals surface area contributed by atoms with Crippen LogP contribution in [0, 0.1) is 0 Å². The van der Waals surface area contributed by atoms with Crippen LogP contribution >= 0.6 is 19.8 Å². The number of ether oxygens (including phenoxy) is 1. The Morgan fingerprint density at radius 2 is 1.41 bits per heavy atom. The van der Waals surface area contributed by atoms with Crippen LogP contribution in [-0.2, 0) is 18.7 Å². The number of carbonyl (C=O) groups excluding carboxylic acids is 1. The van der Waals surface area contributed by atoms with E-state index in [1.165, 1.54) is 95.6 Å². The van der Waals surface area contributed by atoms with Crippen molar-refractivity contribution in [3.8, 4) is 0 Å². The number of thioether (sulfide) groups is 1. The van der Waals surface area contributed by atoms with Crippen molar-refractivity contribution in [1.29, 1.82) is 0 Å². The predicted octanol–water partition coefficient (Wildman–Crippen LogP) is 8.75. The fourth-order valence-electron chi connectivity index (χ4n) is 3.54. The molecule has 0 aliphatic heterocycles. The topological polar surface area (TPSA) is 82.1 Å². The maximum Gasteiger partial charge on any atom is 0.639 e. The molecule has 0 fully saturated rings. The molecule has 0 bridgehead atoms. The van der Waals surface area contributed by atoms with E-state index in [0.717, 1.165) is 0 Å². The average molecular weight is 496 g/mol. The molecular weight excluding hydrogens is 447 g/mol. The Labute approximate surface area is 201 Å². The van der Waals surface area contributed by atoms with Crippen LogP contribution in [0.1, 0.15) is 117 Å². The Balaban J connectivity index is 4.11. The largest absolute Gasteiger partial charge is 0.639 e. The molecule has 0 rings (SSSR count). The molecular formula is C24H48O6PS+. The Morgan fingerprint density at radius 3 is 2.00 bits per heavy atom. The zero-order chi connectivity index (χ0) is 23.9. The van der Waals surface area contributed by atoms with Gasteiger partial charge in [-0.1, -0.05) is 90.9 Å². The summed E-state index contributed by atoms with van der Waals surface area (Å²) >= 11 is 2.05. The first kappa shape index (κ1) is 31.8. The van der Waals surface area contributed by atoms with E-state index in [-0.39, 0.29) is 12.7 Å². The van der Waals surface area contributed by atoms with Crippen molar-refractivity contribution in [3.05, 3.63) is 0 Å². The van der Waals surface area contributed by atoms with E-state index in [1.54, 1.807) is 0 Å². The smallest absolute Gasteiger partial charge is 0.377 e. The quantitative estimate of drug-likeness (QED) is 0.0620. The lowest BCUT2D eigenvalue weighted by atomic mass is 10.1. The highest BCUT2D eigenvalue weighted by atomic mass is 32.2. The number of carbonyl (C=O) groups is 1. The summed E-state index contributed by atoms with van der Waals surface area (Å²) in [6.07, 6.45) is 19.0. The van der Waals surface area contributed by atoms with Crippen LogP contribution in [0.15, 0.2) is 0 Å². The highest BCUT2D eigenvalue weighted by Crippen LogP contribution is 2.26. The lowest BCUT2D eigenvalue weighted by Crippen LogP contribution is -2.24. The molecule has 0 aliphatic carbocycles. The van der Waals surface area contributed by atoms with Crippen molar-refractivity contribution >= 4 is 25.5 Å². The Bertz CT molecular complexity index is 452. The van der Waals surface area contributed by atoms with Crippen LogP contribution in [0.2, 0.25) is 0 Å². The van der Waals surface area contributed by atoms with Gasteiger partial charge in [0.25, 0.3) is 0 Å². The van der Waals surface area contributed by atoms with Gasteiger partial charge in [0.15, 0.2) is 0 Å². The third kappa shape index (κ3) is 19.3. The summed E-state index contributed by atoms with van der Waals surface area (Å²) in [5.74, 6) is 1.19. The van der Waals surface area contributed by atoms with Crippen molar-refractivity contribution in [2.45, 2.75) is 128 Å². The third-order valence-electron chi connectivity index (χ3n) is 5.55. The standard InChI is InChI=1S/C24H47O6PS/c1-4-6-8-10-11-12-14-16-21-32-23(18-15-13-9-7-5-2)22(3)28-19-17-20-29-31(27)24(25)30-26/h22-23H,4-21H2,1-3H3/p+1. The first-order valence-electron chi connectivity index (χ1n) is 12.8. The molecule has 0 aliphatic rings. The van der Waals surface area contributed by atoms with E-state index >= 15 is 0 Å². The van der Waals surface area contributed by atoms with Gasteiger partial charge in [0, 0.05) is 11.9 Å². The molecule has 0 spiro atoms. The molecule has 8 heteroatoms. The van der Waals surface area contributed by atoms with E-state index in [2.05, 4.69) is 25.7 Å². The Kier molecular flexibility index (Phi) is 23.8. The summed E-state index contributed by atoms with van der Waals surface area (Å²) in [4.78, 5) is 14.3. The molecule has 0 aromatic carbocycles. The van der Waals surface area contributed by atoms with E-state index in [9.17, 15) is 9.36 Å². The molecule has 1 N–H and O–H groups in total. The fourth-order valence-corrected chi connectivity index (χ4v) is 5.37. The highest BCUT2D eigenvalue weighted by molar-refractivity contribution is 7.99. The van der Waals surface area contributed by atoms with Crippen LogP contribution < -0.4 is 0 Å². The number of hydrogen-bond acceptors (Lipinski definition) is 7. The van der Waals surface area contributed by atoms with Crippen LogP contribution in [0.4, 0.5) is 4.79 Å². The van der Waals surface area contributed by atoms with Gasteiger partial charge >= 0.3 is 13.7 Å². The SMILES string of the molecule is CCCCCCCCCCSC(CCCCCCC)C(C)OCCCO[P+](=O)C(=O)OO. The second-order valence-corrected chi connectivity index (χ2v) is 10.9. The summed E-state index contributed by atoms with van der Waals surface area (Å²) < 4.78 is 22.2. The second kappa shape index (κ2) is 23.9. The minimum atomic E-state index is -2.64. The fraction of sp³-hybridized carbons (Fsp3) is 0.958.